The number of alkyl halides is 3. The fourth-order valence-electron chi connectivity index (χ4n) is 7.01. The van der Waals surface area contributed by atoms with Crippen LogP contribution in [0.5, 0.6) is 0 Å². The third-order valence-corrected chi connectivity index (χ3v) is 9.66. The van der Waals surface area contributed by atoms with Gasteiger partial charge in [-0.3, -0.25) is 14.4 Å². The van der Waals surface area contributed by atoms with Gasteiger partial charge in [-0.15, -0.1) is 0 Å². The van der Waals surface area contributed by atoms with Gasteiger partial charge >= 0.3 is 6.18 Å². The van der Waals surface area contributed by atoms with Gasteiger partial charge in [-0.2, -0.15) is 13.2 Å². The van der Waals surface area contributed by atoms with Crippen molar-refractivity contribution in [2.45, 2.75) is 84.1 Å². The number of likely N-dealkylation sites (tertiary alicyclic amines) is 1. The summed E-state index contributed by atoms with van der Waals surface area (Å²) in [6.07, 6.45) is 3.25. The second-order valence-corrected chi connectivity index (χ2v) is 13.2. The first-order valence-corrected chi connectivity index (χ1v) is 15.4. The number of benzene rings is 1. The van der Waals surface area contributed by atoms with Crippen LogP contribution < -0.4 is 5.32 Å². The van der Waals surface area contributed by atoms with E-state index in [4.69, 9.17) is 0 Å². The van der Waals surface area contributed by atoms with Crippen LogP contribution in [0.15, 0.2) is 42.9 Å². The van der Waals surface area contributed by atoms with Gasteiger partial charge in [0.15, 0.2) is 5.78 Å². The van der Waals surface area contributed by atoms with Crippen LogP contribution in [0.3, 0.4) is 0 Å². The molecule has 3 atom stereocenters. The lowest BCUT2D eigenvalue weighted by Gasteiger charge is -2.27. The van der Waals surface area contributed by atoms with Gasteiger partial charge in [0.05, 0.1) is 5.52 Å². The number of carbonyl (C=O) groups excluding carboxylic acids is 3. The molecule has 9 nitrogen and oxygen atoms in total. The Kier molecular flexibility index (Phi) is 6.84. The second-order valence-electron chi connectivity index (χ2n) is 13.2. The van der Waals surface area contributed by atoms with Crippen molar-refractivity contribution in [3.05, 3.63) is 71.1 Å². The maximum absolute atomic E-state index is 14.0. The van der Waals surface area contributed by atoms with Crippen molar-refractivity contribution < 1.29 is 27.6 Å². The fraction of sp³-hybridized carbons (Fsp3) is 0.412. The standard InChI is InChI=1S/C34H33F3N6O3/c1-17-9-21(22-13-38-19(3)39-14-22)10-24-25(18(2)44)15-42(30(17)24)16-29(45)43-26(11-33(4)12-28(33)43)32(46)41-31-23(20-5-6-20)7-8-27(40-31)34(35,36)37/h7-10,13-15,20,26,28H,5-6,11-12,16H2,1-4H3,(H,40,41,46)/t26-,28+,33-/m0/s1. The number of amides is 2. The predicted molar refractivity (Wildman–Crippen MR) is 164 cm³/mol. The number of pyridine rings is 1. The fourth-order valence-corrected chi connectivity index (χ4v) is 7.01. The van der Waals surface area contributed by atoms with Crippen molar-refractivity contribution in [3.63, 3.8) is 0 Å². The number of ketones is 1. The van der Waals surface area contributed by atoms with Crippen LogP contribution in [0, 0.1) is 19.3 Å². The molecule has 3 aliphatic rings. The maximum Gasteiger partial charge on any atom is 0.433 e. The summed E-state index contributed by atoms with van der Waals surface area (Å²) < 4.78 is 42.2. The van der Waals surface area contributed by atoms with E-state index in [1.54, 1.807) is 35.0 Å². The molecule has 4 aromatic rings. The molecule has 0 spiro atoms. The largest absolute Gasteiger partial charge is 0.433 e. The number of Topliss-reactive ketones (excluding diaryl/α,β-unsaturated/α-hetero) is 1. The minimum Gasteiger partial charge on any atom is -0.337 e. The molecular weight excluding hydrogens is 597 g/mol. The Morgan fingerprint density at radius 2 is 1.76 bits per heavy atom. The van der Waals surface area contributed by atoms with E-state index in [-0.39, 0.29) is 41.4 Å². The molecule has 0 bridgehead atoms. The summed E-state index contributed by atoms with van der Waals surface area (Å²) in [5.74, 6) is -0.385. The summed E-state index contributed by atoms with van der Waals surface area (Å²) in [5.41, 5.74) is 2.95. The number of anilines is 1. The highest BCUT2D eigenvalue weighted by molar-refractivity contribution is 6.09. The summed E-state index contributed by atoms with van der Waals surface area (Å²) in [4.78, 5) is 54.5. The Balaban J connectivity index is 1.19. The number of nitrogens with zero attached hydrogens (tertiary/aromatic N) is 5. The quantitative estimate of drug-likeness (QED) is 0.243. The van der Waals surface area contributed by atoms with Crippen molar-refractivity contribution in [1.82, 2.24) is 24.4 Å². The van der Waals surface area contributed by atoms with Crippen molar-refractivity contribution in [2.24, 2.45) is 5.41 Å². The molecule has 0 radical (unpaired) electrons. The van der Waals surface area contributed by atoms with Crippen LogP contribution in [-0.2, 0) is 22.3 Å². The Labute approximate surface area is 263 Å². The van der Waals surface area contributed by atoms with E-state index in [1.165, 1.54) is 13.0 Å². The van der Waals surface area contributed by atoms with E-state index in [9.17, 15) is 27.6 Å². The molecule has 1 aliphatic heterocycles. The van der Waals surface area contributed by atoms with Crippen molar-refractivity contribution >= 4 is 34.3 Å². The Morgan fingerprint density at radius 1 is 1.04 bits per heavy atom. The number of hydrogen-bond donors (Lipinski definition) is 1. The molecule has 1 N–H and O–H groups in total. The number of aromatic nitrogens is 4. The van der Waals surface area contributed by atoms with Crippen LogP contribution in [0.1, 0.15) is 78.5 Å². The molecular formula is C34H33F3N6O3. The third kappa shape index (κ3) is 5.23. The zero-order valence-corrected chi connectivity index (χ0v) is 25.9. The number of rotatable bonds is 7. The lowest BCUT2D eigenvalue weighted by atomic mass is 10.0. The zero-order chi connectivity index (χ0) is 32.7. The average Bonchev–Trinajstić information content (AvgIpc) is 3.88. The van der Waals surface area contributed by atoms with Gasteiger partial charge in [0.1, 0.15) is 29.9 Å². The van der Waals surface area contributed by atoms with Gasteiger partial charge in [0, 0.05) is 41.1 Å². The molecule has 2 amide bonds. The molecule has 1 saturated heterocycles. The first-order chi connectivity index (χ1) is 21.7. The highest BCUT2D eigenvalue weighted by Crippen LogP contribution is 2.59. The van der Waals surface area contributed by atoms with Crippen LogP contribution in [0.4, 0.5) is 19.0 Å². The number of nitrogens with one attached hydrogen (secondary N) is 1. The summed E-state index contributed by atoms with van der Waals surface area (Å²) in [5, 5.41) is 3.37. The van der Waals surface area contributed by atoms with E-state index in [2.05, 4.69) is 20.3 Å². The highest BCUT2D eigenvalue weighted by atomic mass is 19.4. The number of hydrogen-bond acceptors (Lipinski definition) is 6. The van der Waals surface area contributed by atoms with Crippen LogP contribution >= 0.6 is 0 Å². The number of halogens is 3. The van der Waals surface area contributed by atoms with E-state index in [0.717, 1.165) is 47.5 Å². The first-order valence-electron chi connectivity index (χ1n) is 15.4. The monoisotopic (exact) mass is 630 g/mol. The summed E-state index contributed by atoms with van der Waals surface area (Å²) >= 11 is 0. The Hall–Kier alpha value is -4.61. The van der Waals surface area contributed by atoms with Gasteiger partial charge in [-0.1, -0.05) is 13.0 Å². The molecule has 2 saturated carbocycles. The Morgan fingerprint density at radius 3 is 2.41 bits per heavy atom. The van der Waals surface area contributed by atoms with Gasteiger partial charge in [0.2, 0.25) is 11.8 Å². The molecule has 7 rings (SSSR count). The second kappa shape index (κ2) is 10.5. The normalized spacial score (nSPS) is 22.2. The molecule has 4 heterocycles. The minimum absolute atomic E-state index is 0.0529. The van der Waals surface area contributed by atoms with Crippen molar-refractivity contribution in [1.29, 1.82) is 0 Å². The van der Waals surface area contributed by atoms with Gasteiger partial charge in [-0.05, 0) is 92.7 Å². The van der Waals surface area contributed by atoms with Crippen LogP contribution in [-0.4, -0.2) is 54.1 Å². The third-order valence-electron chi connectivity index (χ3n) is 9.66. The topological polar surface area (TPSA) is 110 Å². The first kappa shape index (κ1) is 30.1. The number of aryl methyl sites for hydroxylation is 2. The average molecular weight is 631 g/mol. The lowest BCUT2D eigenvalue weighted by molar-refractivity contribution is -0.141. The van der Waals surface area contributed by atoms with Crippen molar-refractivity contribution in [2.75, 3.05) is 5.32 Å². The smallest absolute Gasteiger partial charge is 0.337 e. The van der Waals surface area contributed by atoms with Crippen LogP contribution in [0.2, 0.25) is 0 Å². The van der Waals surface area contributed by atoms with E-state index in [0.29, 0.717) is 28.8 Å². The molecule has 46 heavy (non-hydrogen) atoms. The molecule has 12 heteroatoms. The highest BCUT2D eigenvalue weighted by Gasteiger charge is 2.64. The zero-order valence-electron chi connectivity index (χ0n) is 25.9. The molecule has 3 aromatic heterocycles. The molecule has 3 fully saturated rings. The van der Waals surface area contributed by atoms with Crippen LogP contribution in [0.25, 0.3) is 22.0 Å². The molecule has 1 aromatic carbocycles. The number of piperidine rings is 1. The van der Waals surface area contributed by atoms with E-state index < -0.39 is 23.8 Å². The summed E-state index contributed by atoms with van der Waals surface area (Å²) in [6.45, 7) is 7.10. The SMILES string of the molecule is CC(=O)c1cn(CC(=O)N2[C@H](C(=O)Nc3nc(C(F)(F)F)ccc3C3CC3)C[C@@]3(C)C[C@@H]23)c2c(C)cc(-c3cnc(C)nc3)cc12. The molecule has 0 unspecified atom stereocenters. The molecule has 238 valence electrons. The van der Waals surface area contributed by atoms with E-state index in [1.807, 2.05) is 26.0 Å². The predicted octanol–water partition coefficient (Wildman–Crippen LogP) is 6.23. The maximum atomic E-state index is 14.0. The van der Waals surface area contributed by atoms with Crippen molar-refractivity contribution in [3.8, 4) is 11.1 Å². The van der Waals surface area contributed by atoms with Gasteiger partial charge in [-0.25, -0.2) is 15.0 Å². The summed E-state index contributed by atoms with van der Waals surface area (Å²) in [7, 11) is 0. The van der Waals surface area contributed by atoms with Gasteiger partial charge < -0.3 is 14.8 Å². The number of carbonyl (C=O) groups is 3. The van der Waals surface area contributed by atoms with E-state index >= 15 is 0 Å². The Bertz CT molecular complexity index is 1930. The minimum atomic E-state index is -4.66. The summed E-state index contributed by atoms with van der Waals surface area (Å²) in [6, 6.07) is 5.19. The lowest BCUT2D eigenvalue weighted by Crippen LogP contribution is -2.46. The molecule has 2 aliphatic carbocycles. The van der Waals surface area contributed by atoms with Gasteiger partial charge in [0.25, 0.3) is 0 Å². The number of fused-ring (bicyclic) bond motifs is 2.